The summed E-state index contributed by atoms with van der Waals surface area (Å²) in [5.74, 6) is 0.371. The molecule has 3 rings (SSSR count). The Morgan fingerprint density at radius 1 is 1.35 bits per heavy atom. The molecule has 1 aliphatic rings. The molecule has 1 saturated carbocycles. The molecule has 2 aromatic rings. The van der Waals surface area contributed by atoms with E-state index in [1.807, 2.05) is 0 Å². The quantitative estimate of drug-likeness (QED) is 0.795. The first-order valence-electron chi connectivity index (χ1n) is 9.24. The molecule has 1 aliphatic carbocycles. The van der Waals surface area contributed by atoms with Crippen molar-refractivity contribution in [2.75, 3.05) is 6.54 Å². The van der Waals surface area contributed by atoms with Crippen molar-refractivity contribution in [3.63, 3.8) is 0 Å². The molecule has 2 amide bonds. The van der Waals surface area contributed by atoms with Crippen LogP contribution in [0.5, 0.6) is 0 Å². The van der Waals surface area contributed by atoms with Crippen LogP contribution in [-0.4, -0.2) is 39.0 Å². The van der Waals surface area contributed by atoms with E-state index in [2.05, 4.69) is 41.5 Å². The zero-order valence-corrected chi connectivity index (χ0v) is 15.7. The van der Waals surface area contributed by atoms with Gasteiger partial charge < -0.3 is 10.6 Å². The Hall–Kier alpha value is -2.44. The Labute approximate surface area is 153 Å². The molecular formula is C19H27N5O2. The molecule has 26 heavy (non-hydrogen) atoms. The van der Waals surface area contributed by atoms with E-state index < -0.39 is 0 Å². The zero-order chi connectivity index (χ0) is 18.7. The lowest BCUT2D eigenvalue weighted by Gasteiger charge is -2.36. The number of amides is 2. The van der Waals surface area contributed by atoms with Crippen molar-refractivity contribution in [2.45, 2.75) is 52.5 Å². The van der Waals surface area contributed by atoms with Crippen LogP contribution in [0, 0.1) is 11.3 Å². The Morgan fingerprint density at radius 3 is 2.85 bits per heavy atom. The number of fused-ring (bicyclic) bond motifs is 1. The summed E-state index contributed by atoms with van der Waals surface area (Å²) in [6.45, 7) is 6.94. The third kappa shape index (κ3) is 4.20. The Balaban J connectivity index is 1.41. The molecule has 0 bridgehead atoms. The van der Waals surface area contributed by atoms with Gasteiger partial charge in [-0.1, -0.05) is 27.2 Å². The van der Waals surface area contributed by atoms with Crippen LogP contribution in [0.4, 0.5) is 0 Å². The maximum atomic E-state index is 12.3. The minimum absolute atomic E-state index is 0.0452. The van der Waals surface area contributed by atoms with E-state index in [9.17, 15) is 9.59 Å². The van der Waals surface area contributed by atoms with Gasteiger partial charge in [-0.3, -0.25) is 9.59 Å². The van der Waals surface area contributed by atoms with Crippen molar-refractivity contribution < 1.29 is 9.59 Å². The monoisotopic (exact) mass is 357 g/mol. The average Bonchev–Trinajstić information content (AvgIpc) is 3.00. The summed E-state index contributed by atoms with van der Waals surface area (Å²) in [6.07, 6.45) is 8.31. The Kier molecular flexibility index (Phi) is 5.25. The van der Waals surface area contributed by atoms with Gasteiger partial charge in [0.15, 0.2) is 5.65 Å². The predicted molar refractivity (Wildman–Crippen MR) is 98.7 cm³/mol. The molecule has 0 aromatic carbocycles. The second kappa shape index (κ2) is 7.43. The number of carbonyl (C=O) groups is 2. The molecule has 2 heterocycles. The smallest absolute Gasteiger partial charge is 0.256 e. The van der Waals surface area contributed by atoms with Crippen LogP contribution in [0.25, 0.3) is 5.65 Å². The van der Waals surface area contributed by atoms with Gasteiger partial charge in [-0.25, -0.2) is 9.50 Å². The summed E-state index contributed by atoms with van der Waals surface area (Å²) in [5, 5.41) is 10.2. The van der Waals surface area contributed by atoms with Gasteiger partial charge in [-0.05, 0) is 30.2 Å². The molecule has 140 valence electrons. The molecule has 0 aliphatic heterocycles. The Morgan fingerprint density at radius 2 is 2.12 bits per heavy atom. The first kappa shape index (κ1) is 18.4. The van der Waals surface area contributed by atoms with Crippen molar-refractivity contribution in [3.05, 3.63) is 30.2 Å². The lowest BCUT2D eigenvalue weighted by Crippen LogP contribution is -2.48. The second-order valence-electron chi connectivity index (χ2n) is 7.95. The third-order valence-electron chi connectivity index (χ3n) is 5.27. The molecule has 1 fully saturated rings. The highest BCUT2D eigenvalue weighted by Crippen LogP contribution is 2.28. The highest BCUT2D eigenvalue weighted by Gasteiger charge is 2.31. The van der Waals surface area contributed by atoms with Crippen molar-refractivity contribution >= 4 is 17.5 Å². The van der Waals surface area contributed by atoms with E-state index in [-0.39, 0.29) is 23.3 Å². The van der Waals surface area contributed by atoms with Crippen molar-refractivity contribution in [3.8, 4) is 0 Å². The summed E-state index contributed by atoms with van der Waals surface area (Å²) in [4.78, 5) is 28.6. The molecular weight excluding hydrogens is 330 g/mol. The largest absolute Gasteiger partial charge is 0.353 e. The minimum atomic E-state index is -0.157. The third-order valence-corrected chi connectivity index (χ3v) is 5.27. The van der Waals surface area contributed by atoms with Gasteiger partial charge in [0, 0.05) is 31.4 Å². The normalized spacial score (nSPS) is 19.8. The number of aromatic nitrogens is 3. The fraction of sp³-hybridized carbons (Fsp3) is 0.579. The van der Waals surface area contributed by atoms with Crippen molar-refractivity contribution in [2.24, 2.45) is 11.3 Å². The number of nitrogens with one attached hydrogen (secondary N) is 2. The first-order chi connectivity index (χ1) is 12.4. The van der Waals surface area contributed by atoms with Crippen LogP contribution in [0.1, 0.15) is 56.8 Å². The van der Waals surface area contributed by atoms with Gasteiger partial charge in [0.1, 0.15) is 5.56 Å². The topological polar surface area (TPSA) is 88.4 Å². The van der Waals surface area contributed by atoms with E-state index in [0.29, 0.717) is 30.1 Å². The zero-order valence-electron chi connectivity index (χ0n) is 15.7. The van der Waals surface area contributed by atoms with E-state index in [1.54, 1.807) is 23.0 Å². The molecule has 0 spiro atoms. The second-order valence-corrected chi connectivity index (χ2v) is 7.95. The standard InChI is InChI=1S/C19H27N5O2/c1-4-19(2,3)10-16(25)23-14-8-13(9-14)11-21-18(26)15-12-22-24-7-5-6-20-17(15)24/h5-7,12-14H,4,8-11H2,1-3H3,(H,21,26)(H,23,25). The summed E-state index contributed by atoms with van der Waals surface area (Å²) >= 11 is 0. The molecule has 7 heteroatoms. The van der Waals surface area contributed by atoms with E-state index in [0.717, 1.165) is 19.3 Å². The SMILES string of the molecule is CCC(C)(C)CC(=O)NC1CC(CNC(=O)c2cnn3cccnc23)C1. The van der Waals surface area contributed by atoms with Crippen LogP contribution in [-0.2, 0) is 4.79 Å². The van der Waals surface area contributed by atoms with Crippen LogP contribution in [0.2, 0.25) is 0 Å². The Bertz CT molecular complexity index is 792. The highest BCUT2D eigenvalue weighted by molar-refractivity contribution is 5.99. The van der Waals surface area contributed by atoms with Gasteiger partial charge in [0.25, 0.3) is 5.91 Å². The van der Waals surface area contributed by atoms with Gasteiger partial charge in [-0.2, -0.15) is 5.10 Å². The van der Waals surface area contributed by atoms with Crippen molar-refractivity contribution in [1.29, 1.82) is 0 Å². The van der Waals surface area contributed by atoms with Crippen LogP contribution >= 0.6 is 0 Å². The number of carbonyl (C=O) groups excluding carboxylic acids is 2. The van der Waals surface area contributed by atoms with E-state index >= 15 is 0 Å². The lowest BCUT2D eigenvalue weighted by atomic mass is 9.79. The lowest BCUT2D eigenvalue weighted by molar-refractivity contribution is -0.124. The predicted octanol–water partition coefficient (Wildman–Crippen LogP) is 2.18. The van der Waals surface area contributed by atoms with Crippen LogP contribution in [0.3, 0.4) is 0 Å². The number of hydrogen-bond donors (Lipinski definition) is 2. The van der Waals surface area contributed by atoms with Crippen molar-refractivity contribution in [1.82, 2.24) is 25.2 Å². The summed E-state index contributed by atoms with van der Waals surface area (Å²) in [5.41, 5.74) is 1.09. The van der Waals surface area contributed by atoms with Gasteiger partial charge in [0.05, 0.1) is 6.20 Å². The fourth-order valence-electron chi connectivity index (χ4n) is 3.18. The molecule has 0 radical (unpaired) electrons. The van der Waals surface area contributed by atoms with Gasteiger partial charge in [-0.15, -0.1) is 0 Å². The van der Waals surface area contributed by atoms with Crippen LogP contribution < -0.4 is 10.6 Å². The van der Waals surface area contributed by atoms with E-state index in [4.69, 9.17) is 0 Å². The molecule has 0 atom stereocenters. The van der Waals surface area contributed by atoms with Gasteiger partial charge >= 0.3 is 0 Å². The molecule has 2 aromatic heterocycles. The number of rotatable bonds is 7. The average molecular weight is 357 g/mol. The maximum Gasteiger partial charge on any atom is 0.256 e. The number of hydrogen-bond acceptors (Lipinski definition) is 4. The molecule has 0 saturated heterocycles. The van der Waals surface area contributed by atoms with Gasteiger partial charge in [0.2, 0.25) is 5.91 Å². The molecule has 2 N–H and O–H groups in total. The summed E-state index contributed by atoms with van der Waals surface area (Å²) < 4.78 is 1.58. The minimum Gasteiger partial charge on any atom is -0.353 e. The molecule has 0 unspecified atom stereocenters. The van der Waals surface area contributed by atoms with Crippen LogP contribution in [0.15, 0.2) is 24.7 Å². The first-order valence-corrected chi connectivity index (χ1v) is 9.24. The summed E-state index contributed by atoms with van der Waals surface area (Å²) in [7, 11) is 0. The maximum absolute atomic E-state index is 12.3. The van der Waals surface area contributed by atoms with E-state index in [1.165, 1.54) is 6.20 Å². The summed E-state index contributed by atoms with van der Waals surface area (Å²) in [6, 6.07) is 2.00. The molecule has 7 nitrogen and oxygen atoms in total. The number of nitrogens with zero attached hydrogens (tertiary/aromatic N) is 3. The fourth-order valence-corrected chi connectivity index (χ4v) is 3.18. The highest BCUT2D eigenvalue weighted by atomic mass is 16.2.